The Morgan fingerprint density at radius 1 is 1.33 bits per heavy atom. The van der Waals surface area contributed by atoms with E-state index in [-0.39, 0.29) is 6.04 Å². The molecule has 1 heterocycles. The molecule has 0 aromatic heterocycles. The highest BCUT2D eigenvalue weighted by molar-refractivity contribution is 7.90. The molecule has 0 spiro atoms. The van der Waals surface area contributed by atoms with Gasteiger partial charge in [0.05, 0.1) is 0 Å². The van der Waals surface area contributed by atoms with Gasteiger partial charge in [-0.3, -0.25) is 4.72 Å². The molecule has 0 bridgehead atoms. The van der Waals surface area contributed by atoms with Crippen LogP contribution in [0.4, 0.5) is 5.69 Å². The Morgan fingerprint density at radius 3 is 2.67 bits per heavy atom. The zero-order valence-electron chi connectivity index (χ0n) is 10.4. The van der Waals surface area contributed by atoms with Crippen LogP contribution in [-0.2, 0) is 10.2 Å². The standard InChI is InChI=1S/C12H19N3O2S/c1-10-4-6-11(7-5-10)15-18(16,17)14-9-12-3-2-8-13-12/h4-7,12-15H,2-3,8-9H2,1H3/t12-/m0/s1. The Hall–Kier alpha value is -1.11. The monoisotopic (exact) mass is 269 g/mol. The first-order valence-corrected chi connectivity index (χ1v) is 7.61. The summed E-state index contributed by atoms with van der Waals surface area (Å²) in [5.41, 5.74) is 1.67. The molecule has 1 fully saturated rings. The molecular formula is C12H19N3O2S. The molecule has 0 amide bonds. The Bertz CT molecular complexity index is 479. The summed E-state index contributed by atoms with van der Waals surface area (Å²) in [5.74, 6) is 0. The lowest BCUT2D eigenvalue weighted by molar-refractivity contribution is 0.555. The van der Waals surface area contributed by atoms with Crippen LogP contribution in [0.1, 0.15) is 18.4 Å². The quantitative estimate of drug-likeness (QED) is 0.746. The highest BCUT2D eigenvalue weighted by Crippen LogP contribution is 2.10. The Labute approximate surface area is 108 Å². The van der Waals surface area contributed by atoms with Crippen LogP contribution in [0, 0.1) is 6.92 Å². The van der Waals surface area contributed by atoms with E-state index in [2.05, 4.69) is 14.8 Å². The molecule has 1 aromatic rings. The van der Waals surface area contributed by atoms with Gasteiger partial charge in [-0.05, 0) is 38.4 Å². The molecule has 1 aliphatic rings. The van der Waals surface area contributed by atoms with Gasteiger partial charge in [-0.2, -0.15) is 13.1 Å². The van der Waals surface area contributed by atoms with Crippen molar-refractivity contribution in [3.63, 3.8) is 0 Å². The highest BCUT2D eigenvalue weighted by atomic mass is 32.2. The van der Waals surface area contributed by atoms with E-state index in [0.29, 0.717) is 12.2 Å². The van der Waals surface area contributed by atoms with Crippen LogP contribution < -0.4 is 14.8 Å². The minimum Gasteiger partial charge on any atom is -0.313 e. The molecule has 1 atom stereocenters. The zero-order valence-corrected chi connectivity index (χ0v) is 11.3. The van der Waals surface area contributed by atoms with Crippen molar-refractivity contribution >= 4 is 15.9 Å². The summed E-state index contributed by atoms with van der Waals surface area (Å²) < 4.78 is 28.6. The summed E-state index contributed by atoms with van der Waals surface area (Å²) >= 11 is 0. The zero-order chi connectivity index (χ0) is 13.0. The SMILES string of the molecule is Cc1ccc(NS(=O)(=O)NC[C@@H]2CCCN2)cc1. The summed E-state index contributed by atoms with van der Waals surface area (Å²) in [6.45, 7) is 3.36. The molecule has 5 nitrogen and oxygen atoms in total. The van der Waals surface area contributed by atoms with E-state index in [0.717, 1.165) is 24.9 Å². The average Bonchev–Trinajstić information content (AvgIpc) is 2.83. The van der Waals surface area contributed by atoms with E-state index in [1.807, 2.05) is 19.1 Å². The maximum absolute atomic E-state index is 11.8. The summed E-state index contributed by atoms with van der Waals surface area (Å²) in [6, 6.07) is 7.50. The number of rotatable bonds is 5. The normalized spacial score (nSPS) is 19.9. The number of hydrogen-bond donors (Lipinski definition) is 3. The van der Waals surface area contributed by atoms with Crippen molar-refractivity contribution in [2.45, 2.75) is 25.8 Å². The number of hydrogen-bond acceptors (Lipinski definition) is 3. The van der Waals surface area contributed by atoms with Gasteiger partial charge in [0.25, 0.3) is 10.2 Å². The lowest BCUT2D eigenvalue weighted by Gasteiger charge is -2.13. The predicted molar refractivity (Wildman–Crippen MR) is 72.7 cm³/mol. The van der Waals surface area contributed by atoms with Crippen molar-refractivity contribution in [3.05, 3.63) is 29.8 Å². The Morgan fingerprint density at radius 2 is 2.06 bits per heavy atom. The van der Waals surface area contributed by atoms with Gasteiger partial charge in [0.15, 0.2) is 0 Å². The smallest absolute Gasteiger partial charge is 0.299 e. The molecule has 1 aliphatic heterocycles. The molecule has 6 heteroatoms. The molecule has 0 saturated carbocycles. The summed E-state index contributed by atoms with van der Waals surface area (Å²) in [7, 11) is -3.47. The molecule has 18 heavy (non-hydrogen) atoms. The third-order valence-corrected chi connectivity index (χ3v) is 4.04. The fourth-order valence-electron chi connectivity index (χ4n) is 1.95. The van der Waals surface area contributed by atoms with Crippen LogP contribution in [0.3, 0.4) is 0 Å². The van der Waals surface area contributed by atoms with Crippen molar-refractivity contribution in [1.29, 1.82) is 0 Å². The average molecular weight is 269 g/mol. The molecule has 0 radical (unpaired) electrons. The minimum absolute atomic E-state index is 0.250. The number of benzene rings is 1. The van der Waals surface area contributed by atoms with Crippen molar-refractivity contribution in [1.82, 2.24) is 10.0 Å². The number of anilines is 1. The molecule has 0 aliphatic carbocycles. The largest absolute Gasteiger partial charge is 0.313 e. The van der Waals surface area contributed by atoms with Crippen LogP contribution in [0.5, 0.6) is 0 Å². The van der Waals surface area contributed by atoms with Crippen molar-refractivity contribution in [3.8, 4) is 0 Å². The van der Waals surface area contributed by atoms with E-state index in [9.17, 15) is 8.42 Å². The molecule has 100 valence electrons. The van der Waals surface area contributed by atoms with E-state index < -0.39 is 10.2 Å². The second-order valence-electron chi connectivity index (χ2n) is 4.61. The summed E-state index contributed by atoms with van der Waals surface area (Å²) in [5, 5.41) is 3.25. The molecule has 3 N–H and O–H groups in total. The highest BCUT2D eigenvalue weighted by Gasteiger charge is 2.17. The maximum atomic E-state index is 11.8. The molecule has 2 rings (SSSR count). The molecule has 1 saturated heterocycles. The van der Waals surface area contributed by atoms with Gasteiger partial charge in [0.2, 0.25) is 0 Å². The molecular weight excluding hydrogens is 250 g/mol. The van der Waals surface area contributed by atoms with E-state index in [4.69, 9.17) is 0 Å². The second kappa shape index (κ2) is 5.69. The summed E-state index contributed by atoms with van der Waals surface area (Å²) in [6.07, 6.45) is 2.13. The first-order valence-electron chi connectivity index (χ1n) is 6.13. The van der Waals surface area contributed by atoms with Gasteiger partial charge in [0.1, 0.15) is 0 Å². The van der Waals surface area contributed by atoms with Gasteiger partial charge in [0, 0.05) is 18.3 Å². The first kappa shape index (κ1) is 13.3. The van der Waals surface area contributed by atoms with E-state index in [1.54, 1.807) is 12.1 Å². The van der Waals surface area contributed by atoms with Crippen molar-refractivity contribution in [2.24, 2.45) is 0 Å². The lowest BCUT2D eigenvalue weighted by atomic mass is 10.2. The van der Waals surface area contributed by atoms with Crippen LogP contribution >= 0.6 is 0 Å². The van der Waals surface area contributed by atoms with Crippen LogP contribution in [0.15, 0.2) is 24.3 Å². The molecule has 0 unspecified atom stereocenters. The Balaban J connectivity index is 1.88. The second-order valence-corrected chi connectivity index (χ2v) is 6.11. The fraction of sp³-hybridized carbons (Fsp3) is 0.500. The van der Waals surface area contributed by atoms with Crippen LogP contribution in [-0.4, -0.2) is 27.5 Å². The predicted octanol–water partition coefficient (Wildman–Crippen LogP) is 0.993. The minimum atomic E-state index is -3.47. The first-order chi connectivity index (χ1) is 8.55. The Kier molecular flexibility index (Phi) is 4.21. The topological polar surface area (TPSA) is 70.2 Å². The fourth-order valence-corrected chi connectivity index (χ4v) is 2.89. The number of aryl methyl sites for hydroxylation is 1. The lowest BCUT2D eigenvalue weighted by Crippen LogP contribution is -2.39. The van der Waals surface area contributed by atoms with E-state index >= 15 is 0 Å². The molecule has 1 aromatic carbocycles. The third kappa shape index (κ3) is 3.97. The van der Waals surface area contributed by atoms with Gasteiger partial charge in [-0.25, -0.2) is 0 Å². The van der Waals surface area contributed by atoms with Crippen LogP contribution in [0.2, 0.25) is 0 Å². The summed E-state index contributed by atoms with van der Waals surface area (Å²) in [4.78, 5) is 0. The van der Waals surface area contributed by atoms with Gasteiger partial charge < -0.3 is 5.32 Å². The maximum Gasteiger partial charge on any atom is 0.299 e. The van der Waals surface area contributed by atoms with Crippen molar-refractivity contribution < 1.29 is 8.42 Å². The third-order valence-electron chi connectivity index (χ3n) is 2.99. The van der Waals surface area contributed by atoms with Crippen molar-refractivity contribution in [2.75, 3.05) is 17.8 Å². The van der Waals surface area contributed by atoms with Crippen LogP contribution in [0.25, 0.3) is 0 Å². The van der Waals surface area contributed by atoms with Gasteiger partial charge in [-0.1, -0.05) is 17.7 Å². The number of nitrogens with one attached hydrogen (secondary N) is 3. The van der Waals surface area contributed by atoms with Gasteiger partial charge in [-0.15, -0.1) is 0 Å². The van der Waals surface area contributed by atoms with Gasteiger partial charge >= 0.3 is 0 Å². The van der Waals surface area contributed by atoms with E-state index in [1.165, 1.54) is 0 Å².